The third kappa shape index (κ3) is 4.71. The maximum Gasteiger partial charge on any atom is 0.293 e. The van der Waals surface area contributed by atoms with Gasteiger partial charge in [-0.25, -0.2) is 0 Å². The molecule has 3 rings (SSSR count). The van der Waals surface area contributed by atoms with Gasteiger partial charge in [0.2, 0.25) is 0 Å². The molecule has 0 aromatic heterocycles. The van der Waals surface area contributed by atoms with E-state index in [1.165, 1.54) is 6.07 Å². The maximum atomic E-state index is 12.7. The van der Waals surface area contributed by atoms with Gasteiger partial charge in [0.1, 0.15) is 5.69 Å². The van der Waals surface area contributed by atoms with Gasteiger partial charge < -0.3 is 15.5 Å². The first-order chi connectivity index (χ1) is 12.4. The molecule has 1 aromatic rings. The highest BCUT2D eigenvalue weighted by Gasteiger charge is 2.30. The van der Waals surface area contributed by atoms with Crippen LogP contribution in [0.5, 0.6) is 0 Å². The van der Waals surface area contributed by atoms with Crippen LogP contribution in [0.15, 0.2) is 18.2 Å². The van der Waals surface area contributed by atoms with Gasteiger partial charge in [-0.1, -0.05) is 13.8 Å². The van der Waals surface area contributed by atoms with Crippen molar-refractivity contribution < 1.29 is 9.72 Å². The van der Waals surface area contributed by atoms with Gasteiger partial charge in [-0.05, 0) is 49.3 Å². The Morgan fingerprint density at radius 2 is 1.93 bits per heavy atom. The third-order valence-corrected chi connectivity index (χ3v) is 5.54. The van der Waals surface area contributed by atoms with Gasteiger partial charge in [0.25, 0.3) is 11.6 Å². The number of nitro benzene ring substituents is 1. The number of nitro groups is 1. The number of benzene rings is 1. The van der Waals surface area contributed by atoms with Crippen molar-refractivity contribution in [3.05, 3.63) is 33.9 Å². The fraction of sp³-hybridized carbons (Fsp3) is 0.632. The number of rotatable bonds is 4. The van der Waals surface area contributed by atoms with Crippen molar-refractivity contribution in [2.45, 2.75) is 26.7 Å². The first-order valence-corrected chi connectivity index (χ1v) is 9.41. The van der Waals surface area contributed by atoms with Crippen LogP contribution in [0, 0.1) is 27.9 Å². The van der Waals surface area contributed by atoms with Crippen LogP contribution in [0.4, 0.5) is 11.4 Å². The highest BCUT2D eigenvalue weighted by atomic mass is 35.5. The molecule has 27 heavy (non-hydrogen) atoms. The molecule has 2 saturated heterocycles. The van der Waals surface area contributed by atoms with Crippen molar-refractivity contribution in [2.75, 3.05) is 37.6 Å². The number of amides is 1. The zero-order valence-electron chi connectivity index (χ0n) is 16.0. The molecule has 1 amide bonds. The topological polar surface area (TPSA) is 92.7 Å². The lowest BCUT2D eigenvalue weighted by molar-refractivity contribution is -0.384. The summed E-state index contributed by atoms with van der Waals surface area (Å²) in [6.07, 6.45) is 2.03. The number of hydrogen-bond acceptors (Lipinski definition) is 5. The van der Waals surface area contributed by atoms with E-state index in [9.17, 15) is 14.9 Å². The van der Waals surface area contributed by atoms with Gasteiger partial charge in [0, 0.05) is 37.8 Å². The van der Waals surface area contributed by atoms with Crippen LogP contribution in [0.1, 0.15) is 37.0 Å². The summed E-state index contributed by atoms with van der Waals surface area (Å²) < 4.78 is 0. The van der Waals surface area contributed by atoms with Crippen LogP contribution in [-0.2, 0) is 0 Å². The number of anilines is 1. The summed E-state index contributed by atoms with van der Waals surface area (Å²) in [5.41, 5.74) is 6.71. The van der Waals surface area contributed by atoms with Crippen molar-refractivity contribution in [3.8, 4) is 0 Å². The number of carbonyl (C=O) groups is 1. The maximum absolute atomic E-state index is 12.7. The predicted molar refractivity (Wildman–Crippen MR) is 109 cm³/mol. The number of piperidine rings is 1. The first-order valence-electron chi connectivity index (χ1n) is 9.41. The summed E-state index contributed by atoms with van der Waals surface area (Å²) >= 11 is 0. The predicted octanol–water partition coefficient (Wildman–Crippen LogP) is 2.92. The van der Waals surface area contributed by atoms with E-state index in [1.807, 2.05) is 0 Å². The van der Waals surface area contributed by atoms with Crippen molar-refractivity contribution >= 4 is 29.7 Å². The molecule has 2 heterocycles. The van der Waals surface area contributed by atoms with Gasteiger partial charge in [0.05, 0.1) is 4.92 Å². The lowest BCUT2D eigenvalue weighted by atomic mass is 9.91. The normalized spacial score (nSPS) is 25.2. The molecular formula is C19H29ClN4O3. The van der Waals surface area contributed by atoms with Gasteiger partial charge in [0.15, 0.2) is 0 Å². The molecule has 0 bridgehead atoms. The van der Waals surface area contributed by atoms with Gasteiger partial charge in [-0.2, -0.15) is 0 Å². The summed E-state index contributed by atoms with van der Waals surface area (Å²) in [5.74, 6) is 1.18. The number of nitrogens with two attached hydrogens (primary N) is 1. The number of likely N-dealkylation sites (tertiary alicyclic amines) is 1. The van der Waals surface area contributed by atoms with Gasteiger partial charge in [-0.3, -0.25) is 14.9 Å². The molecular weight excluding hydrogens is 368 g/mol. The molecule has 7 nitrogen and oxygen atoms in total. The second-order valence-corrected chi connectivity index (χ2v) is 7.95. The second kappa shape index (κ2) is 8.89. The van der Waals surface area contributed by atoms with E-state index >= 15 is 0 Å². The van der Waals surface area contributed by atoms with Gasteiger partial charge in [-0.15, -0.1) is 12.4 Å². The summed E-state index contributed by atoms with van der Waals surface area (Å²) in [4.78, 5) is 27.9. The Kier molecular flexibility index (Phi) is 7.06. The number of carbonyl (C=O) groups excluding carboxylic acids is 1. The minimum atomic E-state index is -0.372. The summed E-state index contributed by atoms with van der Waals surface area (Å²) in [6.45, 7) is 7.82. The lowest BCUT2D eigenvalue weighted by Crippen LogP contribution is -2.39. The number of nitrogens with zero attached hydrogens (tertiary/aromatic N) is 3. The van der Waals surface area contributed by atoms with Crippen LogP contribution < -0.4 is 10.6 Å². The SMILES string of the molecule is CC1CC(C)CN(c2ccc(C(=O)N3CCC(CN)C3)cc2[N+](=O)[O-])C1.Cl. The van der Waals surface area contributed by atoms with Crippen molar-refractivity contribution in [2.24, 2.45) is 23.5 Å². The molecule has 8 heteroatoms. The minimum Gasteiger partial charge on any atom is -0.365 e. The highest BCUT2D eigenvalue weighted by molar-refractivity contribution is 5.96. The Morgan fingerprint density at radius 1 is 1.26 bits per heavy atom. The largest absolute Gasteiger partial charge is 0.365 e. The molecule has 2 aliphatic heterocycles. The van der Waals surface area contributed by atoms with Crippen LogP contribution in [0.25, 0.3) is 0 Å². The van der Waals surface area contributed by atoms with Crippen LogP contribution in [0.2, 0.25) is 0 Å². The molecule has 150 valence electrons. The summed E-state index contributed by atoms with van der Waals surface area (Å²) in [5, 5.41) is 11.7. The molecule has 0 aliphatic carbocycles. The number of halogens is 1. The van der Waals surface area contributed by atoms with Crippen molar-refractivity contribution in [1.82, 2.24) is 4.90 Å². The van der Waals surface area contributed by atoms with E-state index in [0.29, 0.717) is 48.6 Å². The Bertz CT molecular complexity index is 690. The smallest absolute Gasteiger partial charge is 0.293 e. The van der Waals surface area contributed by atoms with E-state index < -0.39 is 0 Å². The molecule has 2 fully saturated rings. The first kappa shape index (κ1) is 21.4. The fourth-order valence-corrected chi connectivity index (χ4v) is 4.32. The zero-order valence-corrected chi connectivity index (χ0v) is 16.8. The molecule has 2 aliphatic rings. The Hall–Kier alpha value is -1.86. The standard InChI is InChI=1S/C19H28N4O3.ClH/c1-13-7-14(2)11-22(10-13)17-4-3-16(8-18(17)23(25)26)19(24)21-6-5-15(9-20)12-21;/h3-4,8,13-15H,5-7,9-12,20H2,1-2H3;1H. The van der Waals surface area contributed by atoms with Crippen molar-refractivity contribution in [1.29, 1.82) is 0 Å². The Labute approximate surface area is 166 Å². The lowest BCUT2D eigenvalue weighted by Gasteiger charge is -2.36. The van der Waals surface area contributed by atoms with E-state index in [2.05, 4.69) is 18.7 Å². The molecule has 0 saturated carbocycles. The van der Waals surface area contributed by atoms with Crippen LogP contribution >= 0.6 is 12.4 Å². The van der Waals surface area contributed by atoms with E-state index in [0.717, 1.165) is 25.9 Å². The molecule has 0 radical (unpaired) electrons. The van der Waals surface area contributed by atoms with Crippen LogP contribution in [-0.4, -0.2) is 48.5 Å². The fourth-order valence-electron chi connectivity index (χ4n) is 4.32. The number of hydrogen-bond donors (Lipinski definition) is 1. The Balaban J connectivity index is 0.00000261. The molecule has 3 atom stereocenters. The van der Waals surface area contributed by atoms with Gasteiger partial charge >= 0.3 is 0 Å². The molecule has 1 aromatic carbocycles. The average molecular weight is 397 g/mol. The highest BCUT2D eigenvalue weighted by Crippen LogP contribution is 2.34. The molecule has 0 spiro atoms. The minimum absolute atomic E-state index is 0. The molecule has 3 unspecified atom stereocenters. The second-order valence-electron chi connectivity index (χ2n) is 7.95. The Morgan fingerprint density at radius 3 is 2.48 bits per heavy atom. The monoisotopic (exact) mass is 396 g/mol. The van der Waals surface area contributed by atoms with Crippen molar-refractivity contribution in [3.63, 3.8) is 0 Å². The van der Waals surface area contributed by atoms with E-state index in [4.69, 9.17) is 5.73 Å². The molecule has 2 N–H and O–H groups in total. The van der Waals surface area contributed by atoms with Crippen LogP contribution in [0.3, 0.4) is 0 Å². The average Bonchev–Trinajstić information content (AvgIpc) is 3.09. The summed E-state index contributed by atoms with van der Waals surface area (Å²) in [7, 11) is 0. The zero-order chi connectivity index (χ0) is 18.8. The van der Waals surface area contributed by atoms with E-state index in [1.54, 1.807) is 17.0 Å². The van der Waals surface area contributed by atoms with E-state index in [-0.39, 0.29) is 28.9 Å². The summed E-state index contributed by atoms with van der Waals surface area (Å²) in [6, 6.07) is 4.91. The third-order valence-electron chi connectivity index (χ3n) is 5.54. The quantitative estimate of drug-likeness (QED) is 0.623.